The van der Waals surface area contributed by atoms with Gasteiger partial charge in [-0.1, -0.05) is 17.3 Å². The minimum Gasteiger partial charge on any atom is -0.360 e. The van der Waals surface area contributed by atoms with Crippen molar-refractivity contribution in [2.75, 3.05) is 4.72 Å². The molecule has 3 aromatic rings. The second-order valence-electron chi connectivity index (χ2n) is 4.80. The molecule has 1 aromatic carbocycles. The van der Waals surface area contributed by atoms with Gasteiger partial charge in [0.1, 0.15) is 11.8 Å². The van der Waals surface area contributed by atoms with Crippen LogP contribution in [-0.2, 0) is 10.0 Å². The molecule has 0 atom stereocenters. The van der Waals surface area contributed by atoms with Crippen LogP contribution in [0.2, 0.25) is 0 Å². The molecule has 112 valence electrons. The summed E-state index contributed by atoms with van der Waals surface area (Å²) >= 11 is 0. The van der Waals surface area contributed by atoms with Gasteiger partial charge in [-0.15, -0.1) is 0 Å². The Labute approximate surface area is 126 Å². The van der Waals surface area contributed by atoms with Crippen molar-refractivity contribution in [3.8, 4) is 6.07 Å². The van der Waals surface area contributed by atoms with E-state index in [1.165, 1.54) is 6.92 Å². The minimum atomic E-state index is -3.83. The fourth-order valence-electron chi connectivity index (χ4n) is 2.39. The molecule has 0 saturated heterocycles. The van der Waals surface area contributed by atoms with Gasteiger partial charge in [-0.05, 0) is 19.9 Å². The van der Waals surface area contributed by atoms with Crippen molar-refractivity contribution < 1.29 is 12.9 Å². The monoisotopic (exact) mass is 316 g/mol. The maximum atomic E-state index is 12.5. The van der Waals surface area contributed by atoms with Crippen molar-refractivity contribution in [3.05, 3.63) is 41.4 Å². The Hall–Kier alpha value is -2.79. The van der Waals surface area contributed by atoms with Crippen molar-refractivity contribution >= 4 is 26.6 Å². The average molecular weight is 316 g/mol. The number of hydrogen-bond donors (Lipinski definition) is 2. The van der Waals surface area contributed by atoms with Gasteiger partial charge in [0.05, 0.1) is 16.8 Å². The predicted octanol–water partition coefficient (Wildman–Crippen LogP) is 2.45. The maximum absolute atomic E-state index is 12.5. The first-order valence-corrected chi connectivity index (χ1v) is 7.88. The lowest BCUT2D eigenvalue weighted by Crippen LogP contribution is -2.14. The highest BCUT2D eigenvalue weighted by Crippen LogP contribution is 2.28. The van der Waals surface area contributed by atoms with Gasteiger partial charge in [0.2, 0.25) is 0 Å². The smallest absolute Gasteiger partial charge is 0.267 e. The van der Waals surface area contributed by atoms with Crippen LogP contribution >= 0.6 is 0 Å². The fraction of sp³-hybridized carbons (Fsp3) is 0.143. The zero-order chi connectivity index (χ0) is 15.9. The first-order valence-electron chi connectivity index (χ1n) is 6.40. The maximum Gasteiger partial charge on any atom is 0.267 e. The summed E-state index contributed by atoms with van der Waals surface area (Å²) < 4.78 is 32.5. The van der Waals surface area contributed by atoms with Gasteiger partial charge in [0.25, 0.3) is 10.0 Å². The Balaban J connectivity index is 2.11. The van der Waals surface area contributed by atoms with Gasteiger partial charge in [-0.25, -0.2) is 8.42 Å². The number of nitriles is 1. The molecule has 0 saturated carbocycles. The van der Waals surface area contributed by atoms with Crippen LogP contribution < -0.4 is 4.72 Å². The summed E-state index contributed by atoms with van der Waals surface area (Å²) in [7, 11) is -3.83. The van der Waals surface area contributed by atoms with E-state index >= 15 is 0 Å². The minimum absolute atomic E-state index is 0.0246. The number of rotatable bonds is 3. The van der Waals surface area contributed by atoms with Crippen LogP contribution in [0.4, 0.5) is 5.69 Å². The molecule has 2 heterocycles. The van der Waals surface area contributed by atoms with Crippen molar-refractivity contribution in [1.29, 1.82) is 5.26 Å². The molecule has 3 rings (SSSR count). The van der Waals surface area contributed by atoms with E-state index in [1.54, 1.807) is 31.3 Å². The molecule has 0 bridgehead atoms. The highest BCUT2D eigenvalue weighted by Gasteiger charge is 2.25. The SMILES string of the molecule is Cc1noc(C)c1S(=O)(=O)Nc1cccc2c(C#N)c[nH]c12. The second kappa shape index (κ2) is 4.89. The lowest BCUT2D eigenvalue weighted by Gasteiger charge is -2.08. The van der Waals surface area contributed by atoms with Gasteiger partial charge in [-0.3, -0.25) is 4.72 Å². The molecule has 7 nitrogen and oxygen atoms in total. The standard InChI is InChI=1S/C14H12N4O3S/c1-8-14(9(2)21-17-8)22(19,20)18-12-5-3-4-11-10(6-15)7-16-13(11)12/h3-5,7,16,18H,1-2H3. The van der Waals surface area contributed by atoms with E-state index in [1.807, 2.05) is 0 Å². The highest BCUT2D eigenvalue weighted by molar-refractivity contribution is 7.92. The Morgan fingerprint density at radius 3 is 2.77 bits per heavy atom. The molecule has 0 aliphatic heterocycles. The van der Waals surface area contributed by atoms with Crippen LogP contribution in [-0.4, -0.2) is 18.6 Å². The third-order valence-corrected chi connectivity index (χ3v) is 4.93. The van der Waals surface area contributed by atoms with E-state index in [9.17, 15) is 8.42 Å². The van der Waals surface area contributed by atoms with E-state index in [2.05, 4.69) is 20.9 Å². The second-order valence-corrected chi connectivity index (χ2v) is 6.42. The Morgan fingerprint density at radius 1 is 1.36 bits per heavy atom. The van der Waals surface area contributed by atoms with Gasteiger partial charge < -0.3 is 9.51 Å². The normalized spacial score (nSPS) is 11.5. The molecule has 0 spiro atoms. The topological polar surface area (TPSA) is 112 Å². The number of hydrogen-bond acceptors (Lipinski definition) is 5. The summed E-state index contributed by atoms with van der Waals surface area (Å²) in [6.07, 6.45) is 1.54. The number of benzene rings is 1. The number of aromatic nitrogens is 2. The third-order valence-electron chi connectivity index (χ3n) is 3.32. The average Bonchev–Trinajstić information content (AvgIpc) is 3.02. The van der Waals surface area contributed by atoms with Crippen molar-refractivity contribution in [2.24, 2.45) is 0 Å². The quantitative estimate of drug-likeness (QED) is 0.770. The summed E-state index contributed by atoms with van der Waals surface area (Å²) in [6.45, 7) is 3.10. The number of fused-ring (bicyclic) bond motifs is 1. The van der Waals surface area contributed by atoms with E-state index < -0.39 is 10.0 Å². The summed E-state index contributed by atoms with van der Waals surface area (Å²) in [5.41, 5.74) is 1.66. The van der Waals surface area contributed by atoms with Gasteiger partial charge in [0, 0.05) is 11.6 Å². The lowest BCUT2D eigenvalue weighted by atomic mass is 10.2. The predicted molar refractivity (Wildman–Crippen MR) is 79.8 cm³/mol. The van der Waals surface area contributed by atoms with E-state index in [0.717, 1.165) is 0 Å². The largest absolute Gasteiger partial charge is 0.360 e. The highest BCUT2D eigenvalue weighted by atomic mass is 32.2. The molecule has 2 N–H and O–H groups in total. The fourth-order valence-corrected chi connectivity index (χ4v) is 3.79. The summed E-state index contributed by atoms with van der Waals surface area (Å²) in [5.74, 6) is 0.223. The lowest BCUT2D eigenvalue weighted by molar-refractivity contribution is 0.390. The molecule has 22 heavy (non-hydrogen) atoms. The number of nitrogens with one attached hydrogen (secondary N) is 2. The van der Waals surface area contributed by atoms with E-state index in [-0.39, 0.29) is 10.7 Å². The third kappa shape index (κ3) is 2.12. The van der Waals surface area contributed by atoms with Crippen LogP contribution in [0.1, 0.15) is 17.0 Å². The summed E-state index contributed by atoms with van der Waals surface area (Å²) in [5, 5.41) is 13.4. The summed E-state index contributed by atoms with van der Waals surface area (Å²) in [6, 6.07) is 7.10. The number of H-pyrrole nitrogens is 1. The molecule has 0 radical (unpaired) electrons. The zero-order valence-corrected chi connectivity index (χ0v) is 12.7. The molecule has 0 aliphatic carbocycles. The number of aryl methyl sites for hydroxylation is 2. The van der Waals surface area contributed by atoms with Gasteiger partial charge in [0.15, 0.2) is 10.7 Å². The van der Waals surface area contributed by atoms with Gasteiger partial charge in [-0.2, -0.15) is 5.26 Å². The number of aromatic amines is 1. The molecule has 0 unspecified atom stereocenters. The molecule has 0 amide bonds. The number of anilines is 1. The molecule has 8 heteroatoms. The Morgan fingerprint density at radius 2 is 2.14 bits per heavy atom. The first kappa shape index (κ1) is 14.2. The van der Waals surface area contributed by atoms with Gasteiger partial charge >= 0.3 is 0 Å². The zero-order valence-electron chi connectivity index (χ0n) is 11.8. The van der Waals surface area contributed by atoms with Crippen molar-refractivity contribution in [2.45, 2.75) is 18.7 Å². The van der Waals surface area contributed by atoms with Crippen LogP contribution in [0.25, 0.3) is 10.9 Å². The van der Waals surface area contributed by atoms with Crippen molar-refractivity contribution in [1.82, 2.24) is 10.1 Å². The number of nitrogens with zero attached hydrogens (tertiary/aromatic N) is 2. The molecular formula is C14H12N4O3S. The first-order chi connectivity index (χ1) is 10.4. The molecule has 0 aliphatic rings. The molecular weight excluding hydrogens is 304 g/mol. The number of sulfonamides is 1. The van der Waals surface area contributed by atoms with E-state index in [0.29, 0.717) is 27.8 Å². The summed E-state index contributed by atoms with van der Waals surface area (Å²) in [4.78, 5) is 2.94. The Kier molecular flexibility index (Phi) is 3.15. The van der Waals surface area contributed by atoms with Crippen LogP contribution in [0.5, 0.6) is 0 Å². The van der Waals surface area contributed by atoms with E-state index in [4.69, 9.17) is 9.78 Å². The molecule has 0 fully saturated rings. The molecule has 2 aromatic heterocycles. The van der Waals surface area contributed by atoms with Crippen LogP contribution in [0.15, 0.2) is 33.8 Å². The van der Waals surface area contributed by atoms with Crippen LogP contribution in [0.3, 0.4) is 0 Å². The Bertz CT molecular complexity index is 989. The van der Waals surface area contributed by atoms with Crippen LogP contribution in [0, 0.1) is 25.2 Å². The number of para-hydroxylation sites is 1. The van der Waals surface area contributed by atoms with Crippen molar-refractivity contribution in [3.63, 3.8) is 0 Å².